The van der Waals surface area contributed by atoms with Gasteiger partial charge in [-0.3, -0.25) is 9.69 Å². The lowest BCUT2D eigenvalue weighted by atomic mass is 9.96. The van der Waals surface area contributed by atoms with Crippen LogP contribution in [-0.4, -0.2) is 47.9 Å². The van der Waals surface area contributed by atoms with E-state index in [1.54, 1.807) is 0 Å². The molecule has 0 saturated carbocycles. The zero-order valence-corrected chi connectivity index (χ0v) is 13.6. The fourth-order valence-corrected chi connectivity index (χ4v) is 3.72. The Morgan fingerprint density at radius 2 is 1.83 bits per heavy atom. The van der Waals surface area contributed by atoms with Crippen LogP contribution in [0.25, 0.3) is 0 Å². The Balaban J connectivity index is 1.60. The Labute approximate surface area is 137 Å². The average Bonchev–Trinajstić information content (AvgIpc) is 3.04. The van der Waals surface area contributed by atoms with E-state index in [0.717, 1.165) is 64.0 Å². The molecule has 2 aliphatic rings. The summed E-state index contributed by atoms with van der Waals surface area (Å²) in [6, 6.07) is 6.57. The minimum atomic E-state index is -0.217. The molecule has 126 valence electrons. The van der Waals surface area contributed by atoms with Crippen LogP contribution in [0.3, 0.4) is 0 Å². The summed E-state index contributed by atoms with van der Waals surface area (Å²) in [5.74, 6) is 0.614. The first kappa shape index (κ1) is 16.4. The van der Waals surface area contributed by atoms with Crippen molar-refractivity contribution < 1.29 is 9.18 Å². The summed E-state index contributed by atoms with van der Waals surface area (Å²) in [6.07, 6.45) is 4.02. The molecule has 2 heterocycles. The Hall–Kier alpha value is -1.46. The van der Waals surface area contributed by atoms with Gasteiger partial charge in [-0.25, -0.2) is 4.39 Å². The van der Waals surface area contributed by atoms with Crippen LogP contribution < -0.4 is 5.73 Å². The zero-order chi connectivity index (χ0) is 16.2. The van der Waals surface area contributed by atoms with E-state index in [4.69, 9.17) is 5.73 Å². The third kappa shape index (κ3) is 3.90. The molecule has 2 fully saturated rings. The van der Waals surface area contributed by atoms with E-state index in [0.29, 0.717) is 5.92 Å². The standard InChI is InChI=1S/C18H26FN3O/c19-16-5-3-15(4-6-16)13-22-9-1-2-17(22)18(23)21-10-7-14(12-20)8-11-21/h3-6,14,17H,1-2,7-13,20H2. The highest BCUT2D eigenvalue weighted by Gasteiger charge is 2.34. The summed E-state index contributed by atoms with van der Waals surface area (Å²) < 4.78 is 13.0. The SMILES string of the molecule is NCC1CCN(C(=O)C2CCCN2Cc2ccc(F)cc2)CC1. The molecule has 4 nitrogen and oxygen atoms in total. The molecule has 3 rings (SSSR count). The molecular weight excluding hydrogens is 293 g/mol. The van der Waals surface area contributed by atoms with Crippen LogP contribution >= 0.6 is 0 Å². The van der Waals surface area contributed by atoms with Gasteiger partial charge in [0.25, 0.3) is 0 Å². The number of piperidine rings is 1. The molecule has 0 spiro atoms. The van der Waals surface area contributed by atoms with Crippen molar-refractivity contribution in [3.8, 4) is 0 Å². The van der Waals surface area contributed by atoms with Crippen molar-refractivity contribution in [1.82, 2.24) is 9.80 Å². The normalized spacial score (nSPS) is 23.4. The molecule has 2 saturated heterocycles. The lowest BCUT2D eigenvalue weighted by Crippen LogP contribution is -2.48. The molecule has 1 aromatic carbocycles. The second kappa shape index (κ2) is 7.41. The third-order valence-electron chi connectivity index (χ3n) is 5.21. The van der Waals surface area contributed by atoms with Gasteiger partial charge >= 0.3 is 0 Å². The number of carbonyl (C=O) groups is 1. The van der Waals surface area contributed by atoms with Crippen molar-refractivity contribution in [2.45, 2.75) is 38.3 Å². The topological polar surface area (TPSA) is 49.6 Å². The van der Waals surface area contributed by atoms with E-state index < -0.39 is 0 Å². The number of halogens is 1. The molecule has 23 heavy (non-hydrogen) atoms. The molecule has 5 heteroatoms. The zero-order valence-electron chi connectivity index (χ0n) is 13.6. The maximum Gasteiger partial charge on any atom is 0.239 e. The fraction of sp³-hybridized carbons (Fsp3) is 0.611. The maximum absolute atomic E-state index is 13.0. The molecule has 1 atom stereocenters. The molecule has 2 aliphatic heterocycles. The smallest absolute Gasteiger partial charge is 0.239 e. The van der Waals surface area contributed by atoms with Crippen LogP contribution in [0.15, 0.2) is 24.3 Å². The highest BCUT2D eigenvalue weighted by atomic mass is 19.1. The van der Waals surface area contributed by atoms with Gasteiger partial charge in [-0.2, -0.15) is 0 Å². The van der Waals surface area contributed by atoms with Crippen LogP contribution in [0.2, 0.25) is 0 Å². The Kier molecular flexibility index (Phi) is 5.28. The minimum absolute atomic E-state index is 0.0190. The second-order valence-electron chi connectivity index (χ2n) is 6.76. The number of hydrogen-bond acceptors (Lipinski definition) is 3. The van der Waals surface area contributed by atoms with E-state index in [1.807, 2.05) is 17.0 Å². The Morgan fingerprint density at radius 1 is 1.13 bits per heavy atom. The maximum atomic E-state index is 13.0. The predicted octanol–water partition coefficient (Wildman–Crippen LogP) is 1.99. The van der Waals surface area contributed by atoms with Crippen LogP contribution in [0, 0.1) is 11.7 Å². The van der Waals surface area contributed by atoms with Crippen molar-refractivity contribution >= 4 is 5.91 Å². The fourth-order valence-electron chi connectivity index (χ4n) is 3.72. The number of benzene rings is 1. The number of hydrogen-bond donors (Lipinski definition) is 1. The van der Waals surface area contributed by atoms with Gasteiger partial charge in [-0.15, -0.1) is 0 Å². The predicted molar refractivity (Wildman–Crippen MR) is 88.2 cm³/mol. The molecule has 0 bridgehead atoms. The monoisotopic (exact) mass is 319 g/mol. The molecule has 0 radical (unpaired) electrons. The highest BCUT2D eigenvalue weighted by molar-refractivity contribution is 5.82. The second-order valence-corrected chi connectivity index (χ2v) is 6.76. The van der Waals surface area contributed by atoms with Crippen molar-refractivity contribution in [2.75, 3.05) is 26.2 Å². The summed E-state index contributed by atoms with van der Waals surface area (Å²) in [7, 11) is 0. The van der Waals surface area contributed by atoms with Gasteiger partial charge in [0.1, 0.15) is 5.82 Å². The van der Waals surface area contributed by atoms with Crippen LogP contribution in [0.5, 0.6) is 0 Å². The summed E-state index contributed by atoms with van der Waals surface area (Å²) in [5.41, 5.74) is 6.79. The van der Waals surface area contributed by atoms with Gasteiger partial charge in [-0.05, 0) is 62.4 Å². The van der Waals surface area contributed by atoms with Crippen molar-refractivity contribution in [2.24, 2.45) is 11.7 Å². The van der Waals surface area contributed by atoms with E-state index >= 15 is 0 Å². The largest absolute Gasteiger partial charge is 0.341 e. The Morgan fingerprint density at radius 3 is 2.48 bits per heavy atom. The minimum Gasteiger partial charge on any atom is -0.341 e. The van der Waals surface area contributed by atoms with E-state index in [1.165, 1.54) is 12.1 Å². The number of nitrogens with two attached hydrogens (primary N) is 1. The summed E-state index contributed by atoms with van der Waals surface area (Å²) >= 11 is 0. The highest BCUT2D eigenvalue weighted by Crippen LogP contribution is 2.24. The Bertz CT molecular complexity index is 526. The van der Waals surface area contributed by atoms with Crippen LogP contribution in [-0.2, 0) is 11.3 Å². The quantitative estimate of drug-likeness (QED) is 0.923. The number of rotatable bonds is 4. The van der Waals surface area contributed by atoms with E-state index in [9.17, 15) is 9.18 Å². The number of nitrogens with zero attached hydrogens (tertiary/aromatic N) is 2. The first-order valence-electron chi connectivity index (χ1n) is 8.64. The van der Waals surface area contributed by atoms with Crippen molar-refractivity contribution in [3.63, 3.8) is 0 Å². The average molecular weight is 319 g/mol. The molecule has 0 aliphatic carbocycles. The van der Waals surface area contributed by atoms with Gasteiger partial charge in [0, 0.05) is 19.6 Å². The van der Waals surface area contributed by atoms with Gasteiger partial charge < -0.3 is 10.6 Å². The lowest BCUT2D eigenvalue weighted by Gasteiger charge is -2.35. The molecule has 1 amide bonds. The molecule has 0 aromatic heterocycles. The van der Waals surface area contributed by atoms with Crippen molar-refractivity contribution in [3.05, 3.63) is 35.6 Å². The summed E-state index contributed by atoms with van der Waals surface area (Å²) in [4.78, 5) is 17.1. The molecule has 1 unspecified atom stereocenters. The van der Waals surface area contributed by atoms with Gasteiger partial charge in [0.05, 0.1) is 6.04 Å². The third-order valence-corrected chi connectivity index (χ3v) is 5.21. The number of likely N-dealkylation sites (tertiary alicyclic amines) is 2. The molecular formula is C18H26FN3O. The molecule has 1 aromatic rings. The first-order chi connectivity index (χ1) is 11.2. The van der Waals surface area contributed by atoms with Gasteiger partial charge in [0.15, 0.2) is 0 Å². The van der Waals surface area contributed by atoms with Gasteiger partial charge in [0.2, 0.25) is 5.91 Å². The van der Waals surface area contributed by atoms with Crippen molar-refractivity contribution in [1.29, 1.82) is 0 Å². The number of carbonyl (C=O) groups excluding carboxylic acids is 1. The lowest BCUT2D eigenvalue weighted by molar-refractivity contribution is -0.137. The summed E-state index contributed by atoms with van der Waals surface area (Å²) in [6.45, 7) is 4.05. The van der Waals surface area contributed by atoms with Crippen LogP contribution in [0.4, 0.5) is 4.39 Å². The summed E-state index contributed by atoms with van der Waals surface area (Å²) in [5, 5.41) is 0. The molecule has 2 N–H and O–H groups in total. The van der Waals surface area contributed by atoms with Crippen LogP contribution in [0.1, 0.15) is 31.2 Å². The number of amides is 1. The van der Waals surface area contributed by atoms with Gasteiger partial charge in [-0.1, -0.05) is 12.1 Å². The first-order valence-corrected chi connectivity index (χ1v) is 8.64. The van der Waals surface area contributed by atoms with E-state index in [2.05, 4.69) is 4.90 Å². The van der Waals surface area contributed by atoms with E-state index in [-0.39, 0.29) is 17.8 Å².